The van der Waals surface area contributed by atoms with E-state index in [-0.39, 0.29) is 24.8 Å². The van der Waals surface area contributed by atoms with Crippen LogP contribution >= 0.6 is 11.3 Å². The summed E-state index contributed by atoms with van der Waals surface area (Å²) >= 11 is 1.69. The highest BCUT2D eigenvalue weighted by Gasteiger charge is 2.32. The molecule has 7 heteroatoms. The Bertz CT molecular complexity index is 991. The molecule has 1 saturated heterocycles. The van der Waals surface area contributed by atoms with E-state index in [1.54, 1.807) is 22.0 Å². The number of hydrogen-bond acceptors (Lipinski definition) is 6. The van der Waals surface area contributed by atoms with E-state index >= 15 is 0 Å². The molecule has 136 valence electrons. The van der Waals surface area contributed by atoms with Gasteiger partial charge in [-0.25, -0.2) is 9.97 Å². The van der Waals surface area contributed by atoms with E-state index < -0.39 is 0 Å². The van der Waals surface area contributed by atoms with E-state index in [1.165, 1.54) is 4.88 Å². The molecule has 1 N–H and O–H groups in total. The molecule has 1 aliphatic heterocycles. The van der Waals surface area contributed by atoms with E-state index in [9.17, 15) is 9.90 Å². The van der Waals surface area contributed by atoms with Crippen LogP contribution in [0.4, 0.5) is 5.13 Å². The Labute approximate surface area is 155 Å². The first-order valence-electron chi connectivity index (χ1n) is 8.91. The van der Waals surface area contributed by atoms with Gasteiger partial charge in [-0.05, 0) is 38.8 Å². The third kappa shape index (κ3) is 2.81. The van der Waals surface area contributed by atoms with Crippen molar-refractivity contribution < 1.29 is 5.11 Å². The average Bonchev–Trinajstić information content (AvgIpc) is 3.24. The molecule has 1 aromatic carbocycles. The summed E-state index contributed by atoms with van der Waals surface area (Å²) in [4.78, 5) is 26.0. The van der Waals surface area contributed by atoms with Gasteiger partial charge in [0.1, 0.15) is 5.82 Å². The van der Waals surface area contributed by atoms with Crippen molar-refractivity contribution >= 4 is 27.4 Å². The highest BCUT2D eigenvalue weighted by atomic mass is 32.1. The van der Waals surface area contributed by atoms with Gasteiger partial charge in [-0.15, -0.1) is 11.3 Å². The molecule has 3 heterocycles. The summed E-state index contributed by atoms with van der Waals surface area (Å²) in [5, 5.41) is 11.1. The van der Waals surface area contributed by atoms with Crippen LogP contribution in [0.15, 0.2) is 29.1 Å². The summed E-state index contributed by atoms with van der Waals surface area (Å²) in [6, 6.07) is 7.42. The standard InChI is InChI=1S/C19H22N4O2S/c1-12-13(2)26-19(20-12)22-9-5-8-16(22)17-21-15-7-4-3-6-14(15)18(25)23(17)10-11-24/h3-4,6-7,16,24H,5,8-11H2,1-2H3. The van der Waals surface area contributed by atoms with Crippen LogP contribution in [0.5, 0.6) is 0 Å². The topological polar surface area (TPSA) is 71.2 Å². The number of aromatic nitrogens is 3. The molecule has 1 fully saturated rings. The number of nitrogens with zero attached hydrogens (tertiary/aromatic N) is 4. The highest BCUT2D eigenvalue weighted by Crippen LogP contribution is 2.38. The van der Waals surface area contributed by atoms with Crippen molar-refractivity contribution in [2.75, 3.05) is 18.1 Å². The second-order valence-electron chi connectivity index (χ2n) is 6.66. The number of aliphatic hydroxyl groups is 1. The molecular weight excluding hydrogens is 348 g/mol. The van der Waals surface area contributed by atoms with Gasteiger partial charge in [-0.1, -0.05) is 12.1 Å². The summed E-state index contributed by atoms with van der Waals surface area (Å²) in [5.74, 6) is 0.728. The second kappa shape index (κ2) is 6.81. The number of rotatable bonds is 4. The minimum atomic E-state index is -0.0882. The van der Waals surface area contributed by atoms with Crippen LogP contribution < -0.4 is 10.5 Å². The number of hydrogen-bond donors (Lipinski definition) is 1. The molecule has 1 atom stereocenters. The summed E-state index contributed by atoms with van der Waals surface area (Å²) in [7, 11) is 0. The SMILES string of the molecule is Cc1nc(N2CCCC2c2nc3ccccc3c(=O)n2CCO)sc1C. The van der Waals surface area contributed by atoms with Crippen molar-refractivity contribution in [3.8, 4) is 0 Å². The van der Waals surface area contributed by atoms with E-state index in [1.807, 2.05) is 25.1 Å². The predicted molar refractivity (Wildman–Crippen MR) is 104 cm³/mol. The van der Waals surface area contributed by atoms with Gasteiger partial charge in [0.05, 0.1) is 35.8 Å². The van der Waals surface area contributed by atoms with Crippen molar-refractivity contribution in [2.24, 2.45) is 0 Å². The lowest BCUT2D eigenvalue weighted by Crippen LogP contribution is -2.33. The maximum Gasteiger partial charge on any atom is 0.261 e. The van der Waals surface area contributed by atoms with Crippen molar-refractivity contribution in [3.05, 3.63) is 51.0 Å². The number of thiazole rings is 1. The number of benzene rings is 1. The zero-order chi connectivity index (χ0) is 18.3. The van der Waals surface area contributed by atoms with Gasteiger partial charge in [0.2, 0.25) is 0 Å². The fourth-order valence-corrected chi connectivity index (χ4v) is 4.58. The van der Waals surface area contributed by atoms with Gasteiger partial charge in [-0.2, -0.15) is 0 Å². The van der Waals surface area contributed by atoms with Gasteiger partial charge in [0.25, 0.3) is 5.56 Å². The first-order valence-corrected chi connectivity index (χ1v) is 9.73. The van der Waals surface area contributed by atoms with Crippen LogP contribution in [-0.2, 0) is 6.54 Å². The van der Waals surface area contributed by atoms with Crippen molar-refractivity contribution in [2.45, 2.75) is 39.3 Å². The minimum Gasteiger partial charge on any atom is -0.395 e. The van der Waals surface area contributed by atoms with Crippen molar-refractivity contribution in [3.63, 3.8) is 0 Å². The van der Waals surface area contributed by atoms with E-state index in [0.717, 1.165) is 36.0 Å². The number of para-hydroxylation sites is 1. The first-order chi connectivity index (χ1) is 12.6. The third-order valence-corrected chi connectivity index (χ3v) is 6.14. The van der Waals surface area contributed by atoms with Crippen LogP contribution in [-0.4, -0.2) is 32.8 Å². The molecule has 1 aliphatic rings. The minimum absolute atomic E-state index is 0.00352. The van der Waals surface area contributed by atoms with Gasteiger partial charge < -0.3 is 10.0 Å². The lowest BCUT2D eigenvalue weighted by molar-refractivity contribution is 0.270. The van der Waals surface area contributed by atoms with E-state index in [2.05, 4.69) is 11.8 Å². The molecule has 6 nitrogen and oxygen atoms in total. The molecule has 0 bridgehead atoms. The zero-order valence-electron chi connectivity index (χ0n) is 15.0. The maximum absolute atomic E-state index is 13.0. The maximum atomic E-state index is 13.0. The quantitative estimate of drug-likeness (QED) is 0.765. The van der Waals surface area contributed by atoms with E-state index in [4.69, 9.17) is 9.97 Å². The Hall–Kier alpha value is -2.25. The number of aryl methyl sites for hydroxylation is 2. The Morgan fingerprint density at radius 3 is 2.81 bits per heavy atom. The smallest absolute Gasteiger partial charge is 0.261 e. The summed E-state index contributed by atoms with van der Waals surface area (Å²) < 4.78 is 1.64. The van der Waals surface area contributed by atoms with Crippen molar-refractivity contribution in [1.82, 2.24) is 14.5 Å². The first kappa shape index (κ1) is 17.2. The highest BCUT2D eigenvalue weighted by molar-refractivity contribution is 7.15. The fourth-order valence-electron chi connectivity index (χ4n) is 3.60. The van der Waals surface area contributed by atoms with E-state index in [0.29, 0.717) is 10.9 Å². The molecular formula is C19H22N4O2S. The molecule has 0 amide bonds. The third-order valence-electron chi connectivity index (χ3n) is 5.03. The monoisotopic (exact) mass is 370 g/mol. The van der Waals surface area contributed by atoms with Gasteiger partial charge in [-0.3, -0.25) is 9.36 Å². The van der Waals surface area contributed by atoms with Crippen LogP contribution in [0.25, 0.3) is 10.9 Å². The molecule has 2 aromatic heterocycles. The summed E-state index contributed by atoms with van der Waals surface area (Å²) in [5.41, 5.74) is 1.67. The second-order valence-corrected chi connectivity index (χ2v) is 7.84. The molecule has 0 spiro atoms. The van der Waals surface area contributed by atoms with Gasteiger partial charge in [0.15, 0.2) is 5.13 Å². The Kier molecular flexibility index (Phi) is 4.50. The number of anilines is 1. The van der Waals surface area contributed by atoms with Crippen LogP contribution in [0, 0.1) is 13.8 Å². The van der Waals surface area contributed by atoms with Crippen LogP contribution in [0.1, 0.15) is 35.3 Å². The molecule has 0 radical (unpaired) electrons. The molecule has 26 heavy (non-hydrogen) atoms. The molecule has 0 saturated carbocycles. The fraction of sp³-hybridized carbons (Fsp3) is 0.421. The Morgan fingerprint density at radius 1 is 1.27 bits per heavy atom. The number of fused-ring (bicyclic) bond motifs is 1. The molecule has 0 aliphatic carbocycles. The Balaban J connectivity index is 1.86. The average molecular weight is 370 g/mol. The largest absolute Gasteiger partial charge is 0.395 e. The van der Waals surface area contributed by atoms with Gasteiger partial charge in [0, 0.05) is 11.4 Å². The lowest BCUT2D eigenvalue weighted by atomic mass is 10.1. The summed E-state index contributed by atoms with van der Waals surface area (Å²) in [6.45, 7) is 5.17. The molecule has 1 unspecified atom stereocenters. The normalized spacial score (nSPS) is 17.3. The lowest BCUT2D eigenvalue weighted by Gasteiger charge is -2.26. The molecule has 3 aromatic rings. The number of aliphatic hydroxyl groups excluding tert-OH is 1. The molecule has 4 rings (SSSR count). The van der Waals surface area contributed by atoms with Crippen LogP contribution in [0.2, 0.25) is 0 Å². The Morgan fingerprint density at radius 2 is 2.08 bits per heavy atom. The van der Waals surface area contributed by atoms with Crippen molar-refractivity contribution in [1.29, 1.82) is 0 Å². The zero-order valence-corrected chi connectivity index (χ0v) is 15.8. The van der Waals surface area contributed by atoms with Crippen LogP contribution in [0.3, 0.4) is 0 Å². The summed E-state index contributed by atoms with van der Waals surface area (Å²) in [6.07, 6.45) is 1.96. The predicted octanol–water partition coefficient (Wildman–Crippen LogP) is 2.80. The van der Waals surface area contributed by atoms with Gasteiger partial charge >= 0.3 is 0 Å².